The Bertz CT molecular complexity index is 1050. The molecule has 0 radical (unpaired) electrons. The minimum absolute atomic E-state index is 0.0286. The standard InChI is InChI=1S/C19H16Cl5N3O3/c1-3-27-7-6-11(26-27)9(2)25-19(28)12-5-4-10(30-12)8-29-18-16(23)14(21)13(20)15(22)17(18)24/h4-7,9H,3,8H2,1-2H3,(H,25,28). The highest BCUT2D eigenvalue weighted by Crippen LogP contribution is 2.48. The molecule has 0 saturated carbocycles. The van der Waals surface area contributed by atoms with Gasteiger partial charge in [-0.1, -0.05) is 58.0 Å². The molecular formula is C19H16Cl5N3O3. The second-order valence-corrected chi connectivity index (χ2v) is 8.13. The third-order valence-corrected chi connectivity index (χ3v) is 6.43. The van der Waals surface area contributed by atoms with Gasteiger partial charge in [0.25, 0.3) is 5.91 Å². The first-order valence-electron chi connectivity index (χ1n) is 8.80. The number of ether oxygens (including phenoxy) is 1. The smallest absolute Gasteiger partial charge is 0.287 e. The third-order valence-electron chi connectivity index (χ3n) is 4.19. The number of nitrogens with zero attached hydrogens (tertiary/aromatic N) is 2. The molecule has 3 rings (SSSR count). The molecule has 0 aliphatic rings. The summed E-state index contributed by atoms with van der Waals surface area (Å²) in [5.74, 6) is 0.186. The fraction of sp³-hybridized carbons (Fsp3) is 0.263. The molecule has 6 nitrogen and oxygen atoms in total. The monoisotopic (exact) mass is 509 g/mol. The topological polar surface area (TPSA) is 69.3 Å². The van der Waals surface area contributed by atoms with E-state index in [1.807, 2.05) is 26.1 Å². The van der Waals surface area contributed by atoms with Crippen molar-refractivity contribution < 1.29 is 13.9 Å². The first-order chi connectivity index (χ1) is 14.2. The van der Waals surface area contributed by atoms with Crippen molar-refractivity contribution in [2.24, 2.45) is 0 Å². The number of hydrogen-bond acceptors (Lipinski definition) is 4. The summed E-state index contributed by atoms with van der Waals surface area (Å²) in [6.45, 7) is 4.52. The van der Waals surface area contributed by atoms with E-state index in [1.165, 1.54) is 6.07 Å². The number of furan rings is 1. The number of carbonyl (C=O) groups excluding carboxylic acids is 1. The molecule has 2 heterocycles. The van der Waals surface area contributed by atoms with Gasteiger partial charge in [-0.25, -0.2) is 0 Å². The van der Waals surface area contributed by atoms with Crippen molar-refractivity contribution in [3.05, 3.63) is 66.7 Å². The number of hydrogen-bond donors (Lipinski definition) is 1. The van der Waals surface area contributed by atoms with E-state index in [0.29, 0.717) is 5.76 Å². The zero-order valence-corrected chi connectivity index (χ0v) is 19.6. The maximum absolute atomic E-state index is 12.5. The summed E-state index contributed by atoms with van der Waals surface area (Å²) in [6.07, 6.45) is 1.85. The highest BCUT2D eigenvalue weighted by atomic mass is 35.5. The van der Waals surface area contributed by atoms with Gasteiger partial charge in [-0.05, 0) is 32.0 Å². The molecule has 1 aromatic carbocycles. The van der Waals surface area contributed by atoms with E-state index in [0.717, 1.165) is 12.2 Å². The Hall–Kier alpha value is -1.57. The van der Waals surface area contributed by atoms with E-state index in [2.05, 4.69) is 10.4 Å². The van der Waals surface area contributed by atoms with Crippen molar-refractivity contribution in [3.8, 4) is 5.75 Å². The Morgan fingerprint density at radius 1 is 1.10 bits per heavy atom. The maximum atomic E-state index is 12.5. The van der Waals surface area contributed by atoms with Crippen LogP contribution in [0.15, 0.2) is 28.8 Å². The Labute approximate surface area is 197 Å². The van der Waals surface area contributed by atoms with Crippen LogP contribution in [0.2, 0.25) is 25.1 Å². The SMILES string of the molecule is CCn1ccc(C(C)NC(=O)c2ccc(COc3c(Cl)c(Cl)c(Cl)c(Cl)c3Cl)o2)n1. The van der Waals surface area contributed by atoms with Crippen LogP contribution >= 0.6 is 58.0 Å². The number of amides is 1. The van der Waals surface area contributed by atoms with Gasteiger partial charge in [0.15, 0.2) is 11.5 Å². The largest absolute Gasteiger partial charge is 0.482 e. The molecule has 3 aromatic rings. The second-order valence-electron chi connectivity index (χ2n) is 6.25. The van der Waals surface area contributed by atoms with Crippen molar-refractivity contribution >= 4 is 63.9 Å². The van der Waals surface area contributed by atoms with Gasteiger partial charge in [0.05, 0.1) is 26.8 Å². The number of benzene rings is 1. The summed E-state index contributed by atoms with van der Waals surface area (Å²) in [5.41, 5.74) is 0.751. The lowest BCUT2D eigenvalue weighted by Gasteiger charge is -2.13. The zero-order chi connectivity index (χ0) is 22.0. The number of carbonyl (C=O) groups is 1. The maximum Gasteiger partial charge on any atom is 0.287 e. The Kier molecular flexibility index (Phi) is 7.47. The summed E-state index contributed by atoms with van der Waals surface area (Å²) < 4.78 is 12.9. The first kappa shape index (κ1) is 23.1. The van der Waals surface area contributed by atoms with E-state index >= 15 is 0 Å². The molecule has 0 bridgehead atoms. The molecule has 0 saturated heterocycles. The average Bonchev–Trinajstić information content (AvgIpc) is 3.40. The quantitative estimate of drug-likeness (QED) is 0.279. The van der Waals surface area contributed by atoms with Crippen LogP contribution in [-0.2, 0) is 13.2 Å². The van der Waals surface area contributed by atoms with Gasteiger partial charge in [-0.2, -0.15) is 5.10 Å². The second kappa shape index (κ2) is 9.71. The van der Waals surface area contributed by atoms with Gasteiger partial charge in [-0.15, -0.1) is 0 Å². The number of halogens is 5. The molecule has 0 aliphatic heterocycles. The number of aromatic nitrogens is 2. The average molecular weight is 512 g/mol. The summed E-state index contributed by atoms with van der Waals surface area (Å²) in [5, 5.41) is 7.36. The van der Waals surface area contributed by atoms with Crippen molar-refractivity contribution in [1.29, 1.82) is 0 Å². The van der Waals surface area contributed by atoms with Crippen molar-refractivity contribution in [3.63, 3.8) is 0 Å². The van der Waals surface area contributed by atoms with E-state index in [4.69, 9.17) is 67.2 Å². The van der Waals surface area contributed by atoms with E-state index < -0.39 is 0 Å². The third kappa shape index (κ3) is 4.84. The van der Waals surface area contributed by atoms with Gasteiger partial charge in [0, 0.05) is 12.7 Å². The predicted molar refractivity (Wildman–Crippen MR) is 118 cm³/mol. The summed E-state index contributed by atoms with van der Waals surface area (Å²) in [4.78, 5) is 12.5. The lowest BCUT2D eigenvalue weighted by atomic mass is 10.2. The molecule has 160 valence electrons. The highest BCUT2D eigenvalue weighted by molar-refractivity contribution is 6.55. The molecule has 2 aromatic heterocycles. The number of nitrogens with one attached hydrogen (secondary N) is 1. The van der Waals surface area contributed by atoms with Gasteiger partial charge >= 0.3 is 0 Å². The van der Waals surface area contributed by atoms with Crippen molar-refractivity contribution in [2.45, 2.75) is 33.0 Å². The Morgan fingerprint density at radius 2 is 1.73 bits per heavy atom. The minimum atomic E-state index is -0.381. The molecule has 30 heavy (non-hydrogen) atoms. The van der Waals surface area contributed by atoms with Gasteiger partial charge in [0.2, 0.25) is 0 Å². The van der Waals surface area contributed by atoms with E-state index in [1.54, 1.807) is 10.7 Å². The molecule has 11 heteroatoms. The van der Waals surface area contributed by atoms with Crippen LogP contribution in [0.3, 0.4) is 0 Å². The van der Waals surface area contributed by atoms with Gasteiger partial charge in [0.1, 0.15) is 22.4 Å². The number of rotatable bonds is 7. The Balaban J connectivity index is 1.66. The van der Waals surface area contributed by atoms with Crippen LogP contribution in [0.1, 0.15) is 41.9 Å². The molecule has 1 unspecified atom stereocenters. The van der Waals surface area contributed by atoms with Crippen LogP contribution < -0.4 is 10.1 Å². The highest BCUT2D eigenvalue weighted by Gasteiger charge is 2.21. The molecular weight excluding hydrogens is 495 g/mol. The van der Waals surface area contributed by atoms with Gasteiger partial charge < -0.3 is 14.5 Å². The first-order valence-corrected chi connectivity index (χ1v) is 10.7. The molecule has 0 fully saturated rings. The molecule has 0 spiro atoms. The molecule has 1 amide bonds. The summed E-state index contributed by atoms with van der Waals surface area (Å²) in [7, 11) is 0. The van der Waals surface area contributed by atoms with Crippen LogP contribution in [-0.4, -0.2) is 15.7 Å². The van der Waals surface area contributed by atoms with E-state index in [-0.39, 0.29) is 55.2 Å². The normalized spacial score (nSPS) is 12.1. The van der Waals surface area contributed by atoms with E-state index in [9.17, 15) is 4.79 Å². The fourth-order valence-electron chi connectivity index (χ4n) is 2.56. The van der Waals surface area contributed by atoms with Crippen LogP contribution in [0.5, 0.6) is 5.75 Å². The predicted octanol–water partition coefficient (Wildman–Crippen LogP) is 6.83. The lowest BCUT2D eigenvalue weighted by Crippen LogP contribution is -2.26. The molecule has 1 atom stereocenters. The summed E-state index contributed by atoms with van der Waals surface area (Å²) in [6, 6.07) is 4.71. The molecule has 1 N–H and O–H groups in total. The lowest BCUT2D eigenvalue weighted by molar-refractivity contribution is 0.0907. The minimum Gasteiger partial charge on any atom is -0.482 e. The zero-order valence-electron chi connectivity index (χ0n) is 15.8. The summed E-state index contributed by atoms with van der Waals surface area (Å²) >= 11 is 30.3. The van der Waals surface area contributed by atoms with Crippen LogP contribution in [0.25, 0.3) is 0 Å². The van der Waals surface area contributed by atoms with Crippen LogP contribution in [0.4, 0.5) is 0 Å². The van der Waals surface area contributed by atoms with Crippen molar-refractivity contribution in [2.75, 3.05) is 0 Å². The Morgan fingerprint density at radius 3 is 2.33 bits per heavy atom. The fourth-order valence-corrected chi connectivity index (χ4v) is 3.79. The molecule has 0 aliphatic carbocycles. The van der Waals surface area contributed by atoms with Crippen LogP contribution in [0, 0.1) is 0 Å². The number of aryl methyl sites for hydroxylation is 1. The van der Waals surface area contributed by atoms with Crippen molar-refractivity contribution in [1.82, 2.24) is 15.1 Å². The van der Waals surface area contributed by atoms with Gasteiger partial charge in [-0.3, -0.25) is 9.48 Å².